The van der Waals surface area contributed by atoms with Crippen LogP contribution in [-0.2, 0) is 4.79 Å². The first kappa shape index (κ1) is 12.3. The van der Waals surface area contributed by atoms with Gasteiger partial charge in [-0.3, -0.25) is 4.79 Å². The van der Waals surface area contributed by atoms with E-state index >= 15 is 0 Å². The minimum absolute atomic E-state index is 0.0401. The van der Waals surface area contributed by atoms with Gasteiger partial charge in [-0.05, 0) is 19.1 Å². The van der Waals surface area contributed by atoms with Crippen molar-refractivity contribution in [1.29, 1.82) is 0 Å². The number of hydrogen-bond donors (Lipinski definition) is 0. The number of ether oxygens (including phenoxy) is 1. The highest BCUT2D eigenvalue weighted by Crippen LogP contribution is 2.27. The third-order valence-corrected chi connectivity index (χ3v) is 2.69. The highest BCUT2D eigenvalue weighted by molar-refractivity contribution is 5.87. The second-order valence-electron chi connectivity index (χ2n) is 3.57. The number of benzene rings is 1. The summed E-state index contributed by atoms with van der Waals surface area (Å²) in [5, 5.41) is 0. The van der Waals surface area contributed by atoms with E-state index in [1.54, 1.807) is 19.1 Å². The van der Waals surface area contributed by atoms with Gasteiger partial charge in [0.05, 0.1) is 13.2 Å². The lowest BCUT2D eigenvalue weighted by Gasteiger charge is -2.25. The lowest BCUT2D eigenvalue weighted by atomic mass is 10.1. The normalized spacial score (nSPS) is 11.7. The van der Waals surface area contributed by atoms with Crippen molar-refractivity contribution in [1.82, 2.24) is 4.90 Å². The van der Waals surface area contributed by atoms with Crippen LogP contribution in [0.1, 0.15) is 18.5 Å². The van der Waals surface area contributed by atoms with Crippen LogP contribution in [0.4, 0.5) is 0 Å². The molecule has 0 radical (unpaired) electrons. The second-order valence-corrected chi connectivity index (χ2v) is 3.57. The summed E-state index contributed by atoms with van der Waals surface area (Å²) >= 11 is 0. The molecule has 0 aliphatic heterocycles. The molecular formula is C13H17NO2. The first-order valence-electron chi connectivity index (χ1n) is 5.14. The zero-order chi connectivity index (χ0) is 12.1. The van der Waals surface area contributed by atoms with Gasteiger partial charge in [0, 0.05) is 12.6 Å². The standard InChI is InChI=1S/C13H17NO2/c1-5-13(15)14(3)10(2)11-8-6-7-9-12(11)16-4/h5-10H,1H2,2-4H3. The van der Waals surface area contributed by atoms with Gasteiger partial charge in [-0.2, -0.15) is 0 Å². The molecule has 1 aromatic carbocycles. The van der Waals surface area contributed by atoms with Gasteiger partial charge in [0.25, 0.3) is 0 Å². The van der Waals surface area contributed by atoms with Gasteiger partial charge < -0.3 is 9.64 Å². The summed E-state index contributed by atoms with van der Waals surface area (Å²) in [6, 6.07) is 7.64. The molecule has 0 spiro atoms. The molecule has 0 heterocycles. The summed E-state index contributed by atoms with van der Waals surface area (Å²) < 4.78 is 5.27. The lowest BCUT2D eigenvalue weighted by Crippen LogP contribution is -2.28. The van der Waals surface area contributed by atoms with Gasteiger partial charge in [0.1, 0.15) is 5.75 Å². The maximum Gasteiger partial charge on any atom is 0.246 e. The van der Waals surface area contributed by atoms with Crippen LogP contribution in [0.15, 0.2) is 36.9 Å². The topological polar surface area (TPSA) is 29.5 Å². The molecule has 1 atom stereocenters. The van der Waals surface area contributed by atoms with Crippen LogP contribution in [0.25, 0.3) is 0 Å². The minimum atomic E-state index is -0.0987. The van der Waals surface area contributed by atoms with Gasteiger partial charge in [-0.1, -0.05) is 24.8 Å². The maximum absolute atomic E-state index is 11.5. The Morgan fingerprint density at radius 1 is 1.50 bits per heavy atom. The average molecular weight is 219 g/mol. The molecule has 0 bridgehead atoms. The predicted molar refractivity (Wildman–Crippen MR) is 64.4 cm³/mol. The van der Waals surface area contributed by atoms with Gasteiger partial charge >= 0.3 is 0 Å². The first-order chi connectivity index (χ1) is 7.61. The molecule has 86 valence electrons. The molecule has 0 saturated carbocycles. The summed E-state index contributed by atoms with van der Waals surface area (Å²) in [5.41, 5.74) is 0.989. The Bertz CT molecular complexity index is 387. The third-order valence-electron chi connectivity index (χ3n) is 2.69. The zero-order valence-electron chi connectivity index (χ0n) is 9.93. The van der Waals surface area contributed by atoms with Crippen LogP contribution < -0.4 is 4.74 Å². The SMILES string of the molecule is C=CC(=O)N(C)C(C)c1ccccc1OC. The molecule has 0 aliphatic carbocycles. The first-order valence-corrected chi connectivity index (χ1v) is 5.14. The van der Waals surface area contributed by atoms with E-state index in [0.717, 1.165) is 11.3 Å². The number of amides is 1. The zero-order valence-corrected chi connectivity index (χ0v) is 9.93. The van der Waals surface area contributed by atoms with Crippen LogP contribution in [0.5, 0.6) is 5.75 Å². The van der Waals surface area contributed by atoms with Gasteiger partial charge in [-0.25, -0.2) is 0 Å². The van der Waals surface area contributed by atoms with E-state index in [4.69, 9.17) is 4.74 Å². The third kappa shape index (κ3) is 2.42. The van der Waals surface area contributed by atoms with E-state index in [2.05, 4.69) is 6.58 Å². The van der Waals surface area contributed by atoms with Gasteiger partial charge in [0.15, 0.2) is 0 Å². The van der Waals surface area contributed by atoms with Crippen molar-refractivity contribution in [2.45, 2.75) is 13.0 Å². The molecule has 0 aliphatic rings. The van der Waals surface area contributed by atoms with Crippen molar-refractivity contribution in [2.75, 3.05) is 14.2 Å². The summed E-state index contributed by atoms with van der Waals surface area (Å²) in [7, 11) is 3.38. The summed E-state index contributed by atoms with van der Waals surface area (Å²) in [5.74, 6) is 0.692. The number of methoxy groups -OCH3 is 1. The van der Waals surface area contributed by atoms with Crippen molar-refractivity contribution in [3.63, 3.8) is 0 Å². The van der Waals surface area contributed by atoms with E-state index in [1.807, 2.05) is 31.2 Å². The fourth-order valence-corrected chi connectivity index (χ4v) is 1.56. The number of rotatable bonds is 4. The molecule has 0 aromatic heterocycles. The van der Waals surface area contributed by atoms with Crippen molar-refractivity contribution in [2.24, 2.45) is 0 Å². The molecule has 3 heteroatoms. The quantitative estimate of drug-likeness (QED) is 0.728. The van der Waals surface area contributed by atoms with Gasteiger partial charge in [-0.15, -0.1) is 0 Å². The van der Waals surface area contributed by atoms with Crippen LogP contribution in [0.2, 0.25) is 0 Å². The number of likely N-dealkylation sites (N-methyl/N-ethyl adjacent to an activating group) is 1. The van der Waals surface area contributed by atoms with Crippen molar-refractivity contribution in [3.05, 3.63) is 42.5 Å². The van der Waals surface area contributed by atoms with Crippen molar-refractivity contribution < 1.29 is 9.53 Å². The average Bonchev–Trinajstić information content (AvgIpc) is 2.35. The molecule has 1 rings (SSSR count). The molecule has 0 fully saturated rings. The number of carbonyl (C=O) groups is 1. The molecule has 1 unspecified atom stereocenters. The molecule has 1 amide bonds. The van der Waals surface area contributed by atoms with E-state index in [-0.39, 0.29) is 11.9 Å². The summed E-state index contributed by atoms with van der Waals surface area (Å²) in [6.45, 7) is 5.44. The second kappa shape index (κ2) is 5.35. The van der Waals surface area contributed by atoms with Crippen molar-refractivity contribution in [3.8, 4) is 5.75 Å². The van der Waals surface area contributed by atoms with E-state index in [0.29, 0.717) is 0 Å². The van der Waals surface area contributed by atoms with E-state index < -0.39 is 0 Å². The van der Waals surface area contributed by atoms with Crippen LogP contribution in [-0.4, -0.2) is 25.0 Å². The Morgan fingerprint density at radius 2 is 2.12 bits per heavy atom. The summed E-state index contributed by atoms with van der Waals surface area (Å²) in [6.07, 6.45) is 1.31. The number of hydrogen-bond acceptors (Lipinski definition) is 2. The Morgan fingerprint density at radius 3 is 2.69 bits per heavy atom. The lowest BCUT2D eigenvalue weighted by molar-refractivity contribution is -0.126. The van der Waals surface area contributed by atoms with E-state index in [9.17, 15) is 4.79 Å². The maximum atomic E-state index is 11.5. The van der Waals surface area contributed by atoms with E-state index in [1.165, 1.54) is 6.08 Å². The Kier molecular flexibility index (Phi) is 4.11. The van der Waals surface area contributed by atoms with Crippen LogP contribution >= 0.6 is 0 Å². The largest absolute Gasteiger partial charge is 0.496 e. The Hall–Kier alpha value is -1.77. The summed E-state index contributed by atoms with van der Waals surface area (Å²) in [4.78, 5) is 13.1. The highest BCUT2D eigenvalue weighted by Gasteiger charge is 2.17. The molecule has 0 saturated heterocycles. The molecule has 16 heavy (non-hydrogen) atoms. The number of nitrogens with zero attached hydrogens (tertiary/aromatic N) is 1. The molecule has 3 nitrogen and oxygen atoms in total. The van der Waals surface area contributed by atoms with Crippen LogP contribution in [0.3, 0.4) is 0 Å². The van der Waals surface area contributed by atoms with Gasteiger partial charge in [0.2, 0.25) is 5.91 Å². The molecule has 1 aromatic rings. The van der Waals surface area contributed by atoms with Crippen molar-refractivity contribution >= 4 is 5.91 Å². The number of carbonyl (C=O) groups excluding carboxylic acids is 1. The molecule has 0 N–H and O–H groups in total. The highest BCUT2D eigenvalue weighted by atomic mass is 16.5. The predicted octanol–water partition coefficient (Wildman–Crippen LogP) is 2.40. The minimum Gasteiger partial charge on any atom is -0.496 e. The monoisotopic (exact) mass is 219 g/mol. The fraction of sp³-hybridized carbons (Fsp3) is 0.308. The number of para-hydroxylation sites is 1. The van der Waals surface area contributed by atoms with Crippen LogP contribution in [0, 0.1) is 0 Å². The Balaban J connectivity index is 2.99. The molecular weight excluding hydrogens is 202 g/mol. The smallest absolute Gasteiger partial charge is 0.246 e. The fourth-order valence-electron chi connectivity index (χ4n) is 1.56. The Labute approximate surface area is 96.3 Å².